The zero-order valence-corrected chi connectivity index (χ0v) is 17.7. The molecular formula is C14H22ClIN6OS. The van der Waals surface area contributed by atoms with E-state index < -0.39 is 6.10 Å². The Morgan fingerprint density at radius 3 is 2.71 bits per heavy atom. The van der Waals surface area contributed by atoms with Gasteiger partial charge in [-0.1, -0.05) is 11.6 Å². The zero-order chi connectivity index (χ0) is 16.8. The number of nitrogens with one attached hydrogen (secondary N) is 2. The fraction of sp³-hybridized carbons (Fsp3) is 0.500. The van der Waals surface area contributed by atoms with Crippen LogP contribution in [0.2, 0.25) is 4.34 Å². The Kier molecular flexibility index (Phi) is 8.95. The van der Waals surface area contributed by atoms with Crippen molar-refractivity contribution in [1.29, 1.82) is 0 Å². The molecule has 2 heterocycles. The molecule has 2 aromatic rings. The van der Waals surface area contributed by atoms with Crippen LogP contribution in [0.3, 0.4) is 0 Å². The lowest BCUT2D eigenvalue weighted by atomic mass is 10.3. The second-order valence-corrected chi connectivity index (χ2v) is 6.70. The van der Waals surface area contributed by atoms with E-state index in [1.54, 1.807) is 6.07 Å². The average Bonchev–Trinajstić information content (AvgIpc) is 3.10. The van der Waals surface area contributed by atoms with Crippen molar-refractivity contribution in [2.24, 2.45) is 12.0 Å². The fourth-order valence-corrected chi connectivity index (χ4v) is 2.93. The minimum absolute atomic E-state index is 0. The van der Waals surface area contributed by atoms with Crippen LogP contribution in [-0.4, -0.2) is 38.9 Å². The number of aryl methyl sites for hydroxylation is 1. The quantitative estimate of drug-likeness (QED) is 0.333. The van der Waals surface area contributed by atoms with Gasteiger partial charge in [-0.25, -0.2) is 4.99 Å². The van der Waals surface area contributed by atoms with E-state index in [1.807, 2.05) is 31.5 Å². The molecule has 7 nitrogen and oxygen atoms in total. The smallest absolute Gasteiger partial charge is 0.191 e. The summed E-state index contributed by atoms with van der Waals surface area (Å²) in [6.07, 6.45) is -0.631. The summed E-state index contributed by atoms with van der Waals surface area (Å²) in [5.74, 6) is 2.25. The Morgan fingerprint density at radius 1 is 1.42 bits per heavy atom. The number of halogens is 2. The van der Waals surface area contributed by atoms with Gasteiger partial charge in [0.25, 0.3) is 0 Å². The van der Waals surface area contributed by atoms with Crippen LogP contribution in [0.25, 0.3) is 0 Å². The van der Waals surface area contributed by atoms with Crippen molar-refractivity contribution in [3.63, 3.8) is 0 Å². The molecule has 2 rings (SSSR count). The molecule has 134 valence electrons. The first-order valence-corrected chi connectivity index (χ1v) is 8.51. The molecule has 1 unspecified atom stereocenters. The highest BCUT2D eigenvalue weighted by Gasteiger charge is 2.11. The molecule has 1 atom stereocenters. The maximum Gasteiger partial charge on any atom is 0.191 e. The lowest BCUT2D eigenvalue weighted by Gasteiger charge is -2.14. The third-order valence-electron chi connectivity index (χ3n) is 3.29. The highest BCUT2D eigenvalue weighted by Crippen LogP contribution is 2.26. The summed E-state index contributed by atoms with van der Waals surface area (Å²) < 4.78 is 2.56. The summed E-state index contributed by atoms with van der Waals surface area (Å²) in [4.78, 5) is 5.29. The Labute approximate surface area is 167 Å². The van der Waals surface area contributed by atoms with Gasteiger partial charge in [-0.05, 0) is 26.0 Å². The minimum Gasteiger partial charge on any atom is -0.386 e. The molecule has 0 bridgehead atoms. The molecule has 0 aliphatic carbocycles. The molecule has 0 spiro atoms. The van der Waals surface area contributed by atoms with E-state index >= 15 is 0 Å². The first-order chi connectivity index (χ1) is 11.0. The SMILES string of the molecule is CCNC(=NCc1nnc(C)n1C)NCC(O)c1ccc(Cl)s1.I. The molecule has 0 amide bonds. The van der Waals surface area contributed by atoms with Crippen molar-refractivity contribution < 1.29 is 5.11 Å². The minimum atomic E-state index is -0.631. The monoisotopic (exact) mass is 484 g/mol. The first-order valence-electron chi connectivity index (χ1n) is 7.31. The Morgan fingerprint density at radius 2 is 2.17 bits per heavy atom. The Hall–Kier alpha value is -0.910. The standard InChI is InChI=1S/C14H21ClN6OS.HI/c1-4-16-14(18-8-13-20-19-9(2)21(13)3)17-7-10(22)11-5-6-12(15)23-11;/h5-6,10,22H,4,7-8H2,1-3H3,(H2,16,17,18);1H. The number of guanidine groups is 1. The van der Waals surface area contributed by atoms with E-state index in [9.17, 15) is 5.11 Å². The molecule has 24 heavy (non-hydrogen) atoms. The zero-order valence-electron chi connectivity index (χ0n) is 13.8. The summed E-state index contributed by atoms with van der Waals surface area (Å²) in [6.45, 7) is 5.37. The van der Waals surface area contributed by atoms with Crippen LogP contribution in [0.4, 0.5) is 0 Å². The van der Waals surface area contributed by atoms with Gasteiger partial charge < -0.3 is 20.3 Å². The van der Waals surface area contributed by atoms with Crippen LogP contribution in [0.1, 0.15) is 29.6 Å². The second kappa shape index (κ2) is 10.2. The number of aromatic nitrogens is 3. The van der Waals surface area contributed by atoms with Gasteiger partial charge in [0.05, 0.1) is 4.34 Å². The molecule has 0 aliphatic heterocycles. The fourth-order valence-electron chi connectivity index (χ4n) is 1.88. The number of aliphatic hydroxyl groups is 1. The number of nitrogens with zero attached hydrogens (tertiary/aromatic N) is 4. The van der Waals surface area contributed by atoms with E-state index in [2.05, 4.69) is 25.8 Å². The van der Waals surface area contributed by atoms with E-state index in [4.69, 9.17) is 11.6 Å². The number of aliphatic hydroxyl groups excluding tert-OH is 1. The van der Waals surface area contributed by atoms with E-state index in [-0.39, 0.29) is 24.0 Å². The van der Waals surface area contributed by atoms with E-state index in [1.165, 1.54) is 11.3 Å². The van der Waals surface area contributed by atoms with Crippen LogP contribution in [-0.2, 0) is 13.6 Å². The summed E-state index contributed by atoms with van der Waals surface area (Å²) in [5.41, 5.74) is 0. The predicted molar refractivity (Wildman–Crippen MR) is 108 cm³/mol. The third kappa shape index (κ3) is 5.87. The highest BCUT2D eigenvalue weighted by atomic mass is 127. The van der Waals surface area contributed by atoms with Gasteiger partial charge in [0, 0.05) is 25.0 Å². The molecule has 0 aliphatic rings. The van der Waals surface area contributed by atoms with E-state index in [0.717, 1.165) is 23.1 Å². The summed E-state index contributed by atoms with van der Waals surface area (Å²) in [5, 5.41) is 24.5. The van der Waals surface area contributed by atoms with Gasteiger partial charge in [-0.15, -0.1) is 45.5 Å². The van der Waals surface area contributed by atoms with E-state index in [0.29, 0.717) is 23.4 Å². The van der Waals surface area contributed by atoms with Gasteiger partial charge in [0.1, 0.15) is 18.5 Å². The molecule has 0 fully saturated rings. The van der Waals surface area contributed by atoms with Gasteiger partial charge in [-0.2, -0.15) is 0 Å². The van der Waals surface area contributed by atoms with Crippen molar-refractivity contribution >= 4 is 52.9 Å². The normalized spacial score (nSPS) is 12.6. The molecule has 0 saturated heterocycles. The summed E-state index contributed by atoms with van der Waals surface area (Å²) >= 11 is 7.26. The van der Waals surface area contributed by atoms with Crippen LogP contribution in [0.5, 0.6) is 0 Å². The van der Waals surface area contributed by atoms with Crippen molar-refractivity contribution in [3.05, 3.63) is 33.0 Å². The van der Waals surface area contributed by atoms with Gasteiger partial charge in [0.2, 0.25) is 0 Å². The number of hydrogen-bond donors (Lipinski definition) is 3. The topological polar surface area (TPSA) is 87.4 Å². The van der Waals surface area contributed by atoms with Crippen molar-refractivity contribution in [2.75, 3.05) is 13.1 Å². The number of rotatable bonds is 6. The predicted octanol–water partition coefficient (Wildman–Crippen LogP) is 2.25. The average molecular weight is 485 g/mol. The van der Waals surface area contributed by atoms with Gasteiger partial charge in [0.15, 0.2) is 11.8 Å². The molecule has 3 N–H and O–H groups in total. The maximum atomic E-state index is 10.2. The molecule has 2 aromatic heterocycles. The van der Waals surface area contributed by atoms with Gasteiger partial charge in [-0.3, -0.25) is 0 Å². The summed E-state index contributed by atoms with van der Waals surface area (Å²) in [7, 11) is 1.91. The first kappa shape index (κ1) is 21.1. The molecule has 10 heteroatoms. The van der Waals surface area contributed by atoms with Crippen LogP contribution in [0.15, 0.2) is 17.1 Å². The number of thiophene rings is 1. The lowest BCUT2D eigenvalue weighted by molar-refractivity contribution is 0.184. The Bertz CT molecular complexity index is 674. The molecule has 0 saturated carbocycles. The number of hydrogen-bond acceptors (Lipinski definition) is 5. The number of aliphatic imine (C=N–C) groups is 1. The molecule has 0 aromatic carbocycles. The summed E-state index contributed by atoms with van der Waals surface area (Å²) in [6, 6.07) is 3.60. The van der Waals surface area contributed by atoms with Crippen molar-refractivity contribution in [2.45, 2.75) is 26.5 Å². The Balaban J connectivity index is 0.00000288. The second-order valence-electron chi connectivity index (χ2n) is 4.96. The van der Waals surface area contributed by atoms with Gasteiger partial charge >= 0.3 is 0 Å². The highest BCUT2D eigenvalue weighted by molar-refractivity contribution is 14.0. The largest absolute Gasteiger partial charge is 0.386 e. The van der Waals surface area contributed by atoms with Crippen LogP contribution in [0, 0.1) is 6.92 Å². The molecular weight excluding hydrogens is 463 g/mol. The lowest BCUT2D eigenvalue weighted by Crippen LogP contribution is -2.39. The van der Waals surface area contributed by atoms with Crippen LogP contribution < -0.4 is 10.6 Å². The maximum absolute atomic E-state index is 10.2. The van der Waals surface area contributed by atoms with Crippen molar-refractivity contribution in [3.8, 4) is 0 Å². The van der Waals surface area contributed by atoms with Crippen molar-refractivity contribution in [1.82, 2.24) is 25.4 Å². The third-order valence-corrected chi connectivity index (χ3v) is 4.62. The molecule has 0 radical (unpaired) electrons. The van der Waals surface area contributed by atoms with Crippen LogP contribution >= 0.6 is 46.9 Å².